The summed E-state index contributed by atoms with van der Waals surface area (Å²) in [6, 6.07) is 11.9. The van der Waals surface area contributed by atoms with Gasteiger partial charge < -0.3 is 4.74 Å². The highest BCUT2D eigenvalue weighted by Crippen LogP contribution is 2.19. The lowest BCUT2D eigenvalue weighted by molar-refractivity contribution is -0.121. The van der Waals surface area contributed by atoms with Crippen molar-refractivity contribution in [1.29, 1.82) is 0 Å². The number of hydrogen-bond donors (Lipinski definition) is 2. The molecule has 0 aromatic heterocycles. The third-order valence-corrected chi connectivity index (χ3v) is 4.93. The molecule has 0 bridgehead atoms. The maximum atomic E-state index is 11.9. The van der Waals surface area contributed by atoms with E-state index in [9.17, 15) is 9.59 Å². The smallest absolute Gasteiger partial charge is 0.240 e. The average Bonchev–Trinajstić information content (AvgIpc) is 2.79. The van der Waals surface area contributed by atoms with Gasteiger partial charge in [-0.1, -0.05) is 48.4 Å². The van der Waals surface area contributed by atoms with Gasteiger partial charge in [-0.05, 0) is 53.4 Å². The molecule has 32 heavy (non-hydrogen) atoms. The molecule has 0 saturated heterocycles. The molecule has 2 rings (SSSR count). The number of unbranched alkanes of at least 4 members (excludes halogenated alkanes) is 1. The Hall–Kier alpha value is -2.69. The van der Waals surface area contributed by atoms with Crippen molar-refractivity contribution in [3.63, 3.8) is 0 Å². The number of ether oxygens (including phenoxy) is 1. The van der Waals surface area contributed by atoms with Gasteiger partial charge in [0.15, 0.2) is 5.12 Å². The summed E-state index contributed by atoms with van der Waals surface area (Å²) in [5, 5.41) is 3.65. The highest BCUT2D eigenvalue weighted by molar-refractivity contribution is 8.12. The second-order valence-electron chi connectivity index (χ2n) is 6.78. The Labute approximate surface area is 205 Å². The van der Waals surface area contributed by atoms with Gasteiger partial charge in [0.25, 0.3) is 0 Å². The van der Waals surface area contributed by atoms with Crippen LogP contribution in [0.1, 0.15) is 60.3 Å². The van der Waals surface area contributed by atoms with Crippen LogP contribution < -0.4 is 10.2 Å². The van der Waals surface area contributed by atoms with Crippen LogP contribution in [0.2, 0.25) is 0 Å². The molecule has 168 valence electrons. The quantitative estimate of drug-likeness (QED) is 0.151. The summed E-state index contributed by atoms with van der Waals surface area (Å²) in [5.74, 6) is 2.75. The number of thiol groups is 1. The first-order valence-electron chi connectivity index (χ1n) is 12.0. The standard InChI is InChI=1S/C25H28N2O3S2/c1-3-20-12-23(16-26-27-25(29)10-5-4-6-11-31)15-24(14-20)30-17-21-8-7-9-22(13-21)18-32-19(2)28/h1,7-9,12-16,31H,4-6,10-11,17-18H2,2H3,(H,27,29)/b26-16+/i11D2,18D2. The SMILES string of the molecule is [2H]C([2H])(S)CCCCC(=O)N/N=C/c1cc(C#C)cc(OCc2cccc(C([2H])([2H])SC(C)=O)c2)c1. The Morgan fingerprint density at radius 3 is 2.81 bits per heavy atom. The van der Waals surface area contributed by atoms with E-state index < -0.39 is 11.4 Å². The topological polar surface area (TPSA) is 67.8 Å². The third kappa shape index (κ3) is 10.1. The predicted octanol–water partition coefficient (Wildman–Crippen LogP) is 4.97. The molecule has 0 unspecified atom stereocenters. The molecule has 0 saturated carbocycles. The fourth-order valence-electron chi connectivity index (χ4n) is 2.61. The maximum absolute atomic E-state index is 11.9. The number of hydrazone groups is 1. The van der Waals surface area contributed by atoms with E-state index >= 15 is 0 Å². The van der Waals surface area contributed by atoms with E-state index in [0.29, 0.717) is 47.0 Å². The van der Waals surface area contributed by atoms with Crippen LogP contribution in [0.4, 0.5) is 0 Å². The van der Waals surface area contributed by atoms with E-state index in [1.807, 2.05) is 0 Å². The molecule has 0 aliphatic rings. The Kier molecular flexibility index (Phi) is 8.97. The average molecular weight is 473 g/mol. The van der Waals surface area contributed by atoms with Crippen LogP contribution >= 0.6 is 24.4 Å². The lowest BCUT2D eigenvalue weighted by Crippen LogP contribution is -2.16. The summed E-state index contributed by atoms with van der Waals surface area (Å²) in [7, 11) is 0. The van der Waals surface area contributed by atoms with Gasteiger partial charge in [-0.15, -0.1) is 6.42 Å². The lowest BCUT2D eigenvalue weighted by Gasteiger charge is -2.09. The van der Waals surface area contributed by atoms with E-state index in [4.69, 9.17) is 16.6 Å². The fraction of sp³-hybridized carbons (Fsp3) is 0.320. The fourth-order valence-corrected chi connectivity index (χ4v) is 3.16. The number of amides is 1. The number of nitrogens with zero attached hydrogens (tertiary/aromatic N) is 1. The van der Waals surface area contributed by atoms with Crippen LogP contribution in [-0.2, 0) is 21.9 Å². The summed E-state index contributed by atoms with van der Waals surface area (Å²) in [4.78, 5) is 23.3. The summed E-state index contributed by atoms with van der Waals surface area (Å²) >= 11 is 4.45. The minimum absolute atomic E-state index is 0.153. The van der Waals surface area contributed by atoms with Gasteiger partial charge in [0, 0.05) is 30.1 Å². The van der Waals surface area contributed by atoms with Crippen LogP contribution in [0.25, 0.3) is 0 Å². The van der Waals surface area contributed by atoms with Crippen LogP contribution in [-0.4, -0.2) is 22.9 Å². The summed E-state index contributed by atoms with van der Waals surface area (Å²) in [5.41, 5.74) is 1.32. The summed E-state index contributed by atoms with van der Waals surface area (Å²) in [6.45, 7) is 1.48. The normalized spacial score (nSPS) is 13.4. The molecule has 0 atom stereocenters. The summed E-state index contributed by atoms with van der Waals surface area (Å²) < 4.78 is 36.8. The van der Waals surface area contributed by atoms with Crippen LogP contribution in [0.15, 0.2) is 47.6 Å². The van der Waals surface area contributed by atoms with Gasteiger partial charge in [-0.3, -0.25) is 9.59 Å². The van der Waals surface area contributed by atoms with Gasteiger partial charge in [0.05, 0.1) is 6.21 Å². The molecule has 0 spiro atoms. The zero-order valence-corrected chi connectivity index (χ0v) is 19.5. The molecule has 0 aliphatic carbocycles. The zero-order chi connectivity index (χ0) is 26.8. The second kappa shape index (κ2) is 14.4. The minimum Gasteiger partial charge on any atom is -0.489 e. The van der Waals surface area contributed by atoms with Crippen molar-refractivity contribution in [3.05, 3.63) is 64.7 Å². The first kappa shape index (κ1) is 20.0. The number of rotatable bonds is 12. The number of nitrogens with one attached hydrogen (secondary N) is 1. The predicted molar refractivity (Wildman–Crippen MR) is 135 cm³/mol. The molecule has 2 aromatic rings. The number of terminal acetylenes is 1. The highest BCUT2D eigenvalue weighted by Gasteiger charge is 2.04. The number of carbonyl (C=O) groups excluding carboxylic acids is 2. The molecule has 2 aromatic carbocycles. The first-order chi connectivity index (χ1) is 16.9. The van der Waals surface area contributed by atoms with Crippen molar-refractivity contribution in [2.75, 3.05) is 5.70 Å². The van der Waals surface area contributed by atoms with E-state index in [1.165, 1.54) is 13.1 Å². The van der Waals surface area contributed by atoms with Gasteiger partial charge >= 0.3 is 0 Å². The van der Waals surface area contributed by atoms with E-state index in [0.717, 1.165) is 5.56 Å². The molecule has 0 aliphatic heterocycles. The van der Waals surface area contributed by atoms with Gasteiger partial charge in [-0.2, -0.15) is 17.7 Å². The zero-order valence-electron chi connectivity index (χ0n) is 21.8. The van der Waals surface area contributed by atoms with E-state index in [-0.39, 0.29) is 30.5 Å². The molecule has 5 nitrogen and oxygen atoms in total. The number of hydrogen-bond acceptors (Lipinski definition) is 6. The van der Waals surface area contributed by atoms with Crippen LogP contribution in [0.3, 0.4) is 0 Å². The van der Waals surface area contributed by atoms with Crippen molar-refractivity contribution in [2.45, 2.75) is 44.9 Å². The molecule has 7 heteroatoms. The van der Waals surface area contributed by atoms with E-state index in [1.54, 1.807) is 42.5 Å². The monoisotopic (exact) mass is 472 g/mol. The second-order valence-corrected chi connectivity index (χ2v) is 8.08. The third-order valence-electron chi connectivity index (χ3n) is 4.09. The van der Waals surface area contributed by atoms with Gasteiger partial charge in [0.1, 0.15) is 12.4 Å². The Morgan fingerprint density at radius 1 is 1.25 bits per heavy atom. The largest absolute Gasteiger partial charge is 0.489 e. The Morgan fingerprint density at radius 2 is 2.06 bits per heavy atom. The van der Waals surface area contributed by atoms with Gasteiger partial charge in [0.2, 0.25) is 5.91 Å². The minimum atomic E-state index is -1.85. The van der Waals surface area contributed by atoms with Crippen molar-refractivity contribution >= 4 is 41.6 Å². The Balaban J connectivity index is 1.99. The van der Waals surface area contributed by atoms with Crippen molar-refractivity contribution in [2.24, 2.45) is 5.10 Å². The Bertz CT molecular complexity index is 1140. The molecular formula is C25H28N2O3S2. The van der Waals surface area contributed by atoms with E-state index in [2.05, 4.69) is 29.1 Å². The molecule has 1 amide bonds. The number of carbonyl (C=O) groups is 2. The van der Waals surface area contributed by atoms with Crippen molar-refractivity contribution in [1.82, 2.24) is 5.43 Å². The molecular weight excluding hydrogens is 440 g/mol. The van der Waals surface area contributed by atoms with Crippen LogP contribution in [0.5, 0.6) is 5.75 Å². The first-order valence-corrected chi connectivity index (χ1v) is 11.2. The molecule has 1 N–H and O–H groups in total. The number of thioether (sulfide) groups is 1. The van der Waals surface area contributed by atoms with Crippen LogP contribution in [0, 0.1) is 12.3 Å². The molecule has 0 fully saturated rings. The lowest BCUT2D eigenvalue weighted by atomic mass is 10.1. The number of benzene rings is 2. The maximum Gasteiger partial charge on any atom is 0.240 e. The molecule has 0 heterocycles. The van der Waals surface area contributed by atoms with Gasteiger partial charge in [-0.25, -0.2) is 5.43 Å². The summed E-state index contributed by atoms with van der Waals surface area (Å²) in [6.07, 6.45) is 8.57. The van der Waals surface area contributed by atoms with Crippen molar-refractivity contribution < 1.29 is 19.8 Å². The molecule has 0 radical (unpaired) electrons. The highest BCUT2D eigenvalue weighted by atomic mass is 32.2. The van der Waals surface area contributed by atoms with Crippen molar-refractivity contribution in [3.8, 4) is 18.1 Å².